The van der Waals surface area contributed by atoms with Gasteiger partial charge in [0.05, 0.1) is 10.7 Å². The minimum absolute atomic E-state index is 0.0210. The molecule has 0 saturated heterocycles. The van der Waals surface area contributed by atoms with Crippen LogP contribution in [0.4, 0.5) is 11.4 Å². The van der Waals surface area contributed by atoms with Gasteiger partial charge in [0, 0.05) is 24.7 Å². The van der Waals surface area contributed by atoms with E-state index in [0.29, 0.717) is 10.8 Å². The van der Waals surface area contributed by atoms with Gasteiger partial charge >= 0.3 is 0 Å². The smallest absolute Gasteiger partial charge is 0.289 e. The van der Waals surface area contributed by atoms with Crippen molar-refractivity contribution in [2.24, 2.45) is 7.05 Å². The summed E-state index contributed by atoms with van der Waals surface area (Å²) in [5, 5.41) is 22.3. The third-order valence-corrected chi connectivity index (χ3v) is 4.48. The lowest BCUT2D eigenvalue weighted by Gasteiger charge is -2.07. The zero-order valence-corrected chi connectivity index (χ0v) is 14.9. The number of carbonyl (C=O) groups is 1. The topological polar surface area (TPSA) is 103 Å². The van der Waals surface area contributed by atoms with Crippen LogP contribution in [0.2, 0.25) is 5.02 Å². The molecule has 0 aliphatic carbocycles. The van der Waals surface area contributed by atoms with Crippen molar-refractivity contribution < 1.29 is 9.72 Å². The Balaban J connectivity index is 1.99. The Morgan fingerprint density at radius 2 is 2.17 bits per heavy atom. The minimum Gasteiger partial charge on any atom is -0.325 e. The van der Waals surface area contributed by atoms with Gasteiger partial charge in [0.15, 0.2) is 5.16 Å². The van der Waals surface area contributed by atoms with Gasteiger partial charge < -0.3 is 9.88 Å². The zero-order chi connectivity index (χ0) is 17.9. The van der Waals surface area contributed by atoms with E-state index in [-0.39, 0.29) is 28.3 Å². The summed E-state index contributed by atoms with van der Waals surface area (Å²) in [6.45, 7) is 4.03. The first kappa shape index (κ1) is 18.2. The van der Waals surface area contributed by atoms with Crippen LogP contribution >= 0.6 is 23.4 Å². The standard InChI is InChI=1S/C14H16ClN5O3S/c1-8(2)13-17-18-14(19(13)3)24-7-12(21)16-9-4-5-10(15)11(6-9)20(22)23/h4-6,8H,7H2,1-3H3,(H,16,21). The molecule has 1 heterocycles. The van der Waals surface area contributed by atoms with E-state index < -0.39 is 4.92 Å². The van der Waals surface area contributed by atoms with Crippen molar-refractivity contribution in [3.05, 3.63) is 39.2 Å². The highest BCUT2D eigenvalue weighted by molar-refractivity contribution is 7.99. The average Bonchev–Trinajstić information content (AvgIpc) is 2.88. The van der Waals surface area contributed by atoms with Gasteiger partial charge in [0.25, 0.3) is 5.69 Å². The first-order valence-corrected chi connectivity index (χ1v) is 8.41. The number of nitrogens with zero attached hydrogens (tertiary/aromatic N) is 4. The second-order valence-electron chi connectivity index (χ2n) is 5.31. The maximum absolute atomic E-state index is 12.0. The van der Waals surface area contributed by atoms with Gasteiger partial charge in [-0.3, -0.25) is 14.9 Å². The summed E-state index contributed by atoms with van der Waals surface area (Å²) in [6, 6.07) is 4.11. The van der Waals surface area contributed by atoms with Crippen molar-refractivity contribution in [1.29, 1.82) is 0 Å². The number of anilines is 1. The number of amides is 1. The number of carbonyl (C=O) groups excluding carboxylic acids is 1. The number of nitro benzene ring substituents is 1. The number of thioether (sulfide) groups is 1. The van der Waals surface area contributed by atoms with Gasteiger partial charge in [-0.05, 0) is 12.1 Å². The molecule has 0 bridgehead atoms. The number of hydrogen-bond donors (Lipinski definition) is 1. The highest BCUT2D eigenvalue weighted by atomic mass is 35.5. The fourth-order valence-electron chi connectivity index (χ4n) is 2.01. The van der Waals surface area contributed by atoms with Crippen LogP contribution in [0.3, 0.4) is 0 Å². The van der Waals surface area contributed by atoms with Crippen molar-refractivity contribution in [3.8, 4) is 0 Å². The number of halogens is 1. The summed E-state index contributed by atoms with van der Waals surface area (Å²) < 4.78 is 1.84. The maximum atomic E-state index is 12.0. The van der Waals surface area contributed by atoms with Crippen molar-refractivity contribution in [2.75, 3.05) is 11.1 Å². The summed E-state index contributed by atoms with van der Waals surface area (Å²) >= 11 is 6.98. The molecule has 128 valence electrons. The second kappa shape index (κ2) is 7.63. The van der Waals surface area contributed by atoms with Crippen LogP contribution in [0.15, 0.2) is 23.4 Å². The molecule has 0 radical (unpaired) electrons. The number of rotatable bonds is 6. The number of benzene rings is 1. The van der Waals surface area contributed by atoms with Crippen LogP contribution in [0.1, 0.15) is 25.6 Å². The molecule has 1 aromatic heterocycles. The lowest BCUT2D eigenvalue weighted by Crippen LogP contribution is -2.14. The van der Waals surface area contributed by atoms with Gasteiger partial charge in [-0.1, -0.05) is 37.2 Å². The first-order valence-electron chi connectivity index (χ1n) is 7.05. The quantitative estimate of drug-likeness (QED) is 0.476. The monoisotopic (exact) mass is 369 g/mol. The van der Waals surface area contributed by atoms with Crippen LogP contribution < -0.4 is 5.32 Å². The Morgan fingerprint density at radius 1 is 1.46 bits per heavy atom. The third kappa shape index (κ3) is 4.24. The molecule has 10 heteroatoms. The number of hydrogen-bond acceptors (Lipinski definition) is 6. The van der Waals surface area contributed by atoms with E-state index >= 15 is 0 Å². The van der Waals surface area contributed by atoms with Crippen molar-refractivity contribution in [3.63, 3.8) is 0 Å². The summed E-state index contributed by atoms with van der Waals surface area (Å²) in [5.74, 6) is 0.887. The molecule has 0 aliphatic heterocycles. The van der Waals surface area contributed by atoms with Crippen LogP contribution in [0.25, 0.3) is 0 Å². The molecule has 0 aliphatic rings. The molecule has 1 N–H and O–H groups in total. The highest BCUT2D eigenvalue weighted by Crippen LogP contribution is 2.27. The van der Waals surface area contributed by atoms with Gasteiger partial charge in [-0.2, -0.15) is 0 Å². The van der Waals surface area contributed by atoms with E-state index in [9.17, 15) is 14.9 Å². The Kier molecular flexibility index (Phi) is 5.79. The van der Waals surface area contributed by atoms with Gasteiger partial charge in [-0.25, -0.2) is 0 Å². The van der Waals surface area contributed by atoms with Crippen molar-refractivity contribution in [2.45, 2.75) is 24.9 Å². The molecule has 24 heavy (non-hydrogen) atoms. The fourth-order valence-corrected chi connectivity index (χ4v) is 2.92. The molecule has 1 aromatic carbocycles. The molecule has 0 fully saturated rings. The number of aromatic nitrogens is 3. The number of nitro groups is 1. The second-order valence-corrected chi connectivity index (χ2v) is 6.66. The van der Waals surface area contributed by atoms with Gasteiger partial charge in [0.1, 0.15) is 10.8 Å². The van der Waals surface area contributed by atoms with Crippen LogP contribution in [-0.4, -0.2) is 31.3 Å². The lowest BCUT2D eigenvalue weighted by atomic mass is 10.2. The Morgan fingerprint density at radius 3 is 2.75 bits per heavy atom. The van der Waals surface area contributed by atoms with Crippen LogP contribution in [0, 0.1) is 10.1 Å². The van der Waals surface area contributed by atoms with E-state index in [1.54, 1.807) is 0 Å². The van der Waals surface area contributed by atoms with Crippen LogP contribution in [0.5, 0.6) is 0 Å². The van der Waals surface area contributed by atoms with Crippen molar-refractivity contribution >= 4 is 40.6 Å². The first-order chi connectivity index (χ1) is 11.3. The molecule has 0 spiro atoms. The third-order valence-electron chi connectivity index (χ3n) is 3.14. The summed E-state index contributed by atoms with van der Waals surface area (Å²) in [4.78, 5) is 22.3. The predicted molar refractivity (Wildman–Crippen MR) is 92.6 cm³/mol. The summed E-state index contributed by atoms with van der Waals surface area (Å²) in [7, 11) is 1.85. The van der Waals surface area contributed by atoms with E-state index in [1.165, 1.54) is 30.0 Å². The molecule has 0 saturated carbocycles. The Hall–Kier alpha value is -2.13. The van der Waals surface area contributed by atoms with E-state index in [2.05, 4.69) is 15.5 Å². The zero-order valence-electron chi connectivity index (χ0n) is 13.3. The van der Waals surface area contributed by atoms with Gasteiger partial charge in [-0.15, -0.1) is 10.2 Å². The highest BCUT2D eigenvalue weighted by Gasteiger charge is 2.16. The normalized spacial score (nSPS) is 10.9. The van der Waals surface area contributed by atoms with Crippen LogP contribution in [-0.2, 0) is 11.8 Å². The minimum atomic E-state index is -0.597. The summed E-state index contributed by atoms with van der Waals surface area (Å²) in [6.07, 6.45) is 0. The molecule has 0 atom stereocenters. The molecular weight excluding hydrogens is 354 g/mol. The summed E-state index contributed by atoms with van der Waals surface area (Å²) in [5.41, 5.74) is 0.0644. The maximum Gasteiger partial charge on any atom is 0.289 e. The molecular formula is C14H16ClN5O3S. The molecule has 1 amide bonds. The molecule has 2 rings (SSSR count). The Bertz CT molecular complexity index is 778. The van der Waals surface area contributed by atoms with E-state index in [1.807, 2.05) is 25.5 Å². The molecule has 8 nitrogen and oxygen atoms in total. The largest absolute Gasteiger partial charge is 0.325 e. The SMILES string of the molecule is CC(C)c1nnc(SCC(=O)Nc2ccc(Cl)c([N+](=O)[O-])c2)n1C. The van der Waals surface area contributed by atoms with E-state index in [4.69, 9.17) is 11.6 Å². The van der Waals surface area contributed by atoms with Gasteiger partial charge in [0.2, 0.25) is 5.91 Å². The molecule has 0 unspecified atom stereocenters. The molecule has 2 aromatic rings. The Labute approximate surface area is 147 Å². The number of nitrogens with one attached hydrogen (secondary N) is 1. The predicted octanol–water partition coefficient (Wildman–Crippen LogP) is 3.23. The lowest BCUT2D eigenvalue weighted by molar-refractivity contribution is -0.384. The fraction of sp³-hybridized carbons (Fsp3) is 0.357. The van der Waals surface area contributed by atoms with E-state index in [0.717, 1.165) is 5.82 Å². The average molecular weight is 370 g/mol. The van der Waals surface area contributed by atoms with Crippen molar-refractivity contribution in [1.82, 2.24) is 14.8 Å².